The maximum absolute atomic E-state index is 12.1. The highest BCUT2D eigenvalue weighted by Gasteiger charge is 2.58. The van der Waals surface area contributed by atoms with Crippen molar-refractivity contribution < 1.29 is 4.79 Å². The van der Waals surface area contributed by atoms with Gasteiger partial charge < -0.3 is 10.2 Å². The van der Waals surface area contributed by atoms with Gasteiger partial charge in [-0.3, -0.25) is 4.79 Å². The number of carbonyl (C=O) groups excluding carboxylic acids is 1. The van der Waals surface area contributed by atoms with Crippen molar-refractivity contribution in [2.24, 2.45) is 17.8 Å². The molecule has 3 aliphatic rings. The Morgan fingerprint density at radius 2 is 2.07 bits per heavy atom. The minimum absolute atomic E-state index is 0.386. The van der Waals surface area contributed by atoms with Crippen LogP contribution in [0.25, 0.3) is 0 Å². The largest absolute Gasteiger partial charge is 0.340 e. The maximum atomic E-state index is 12.1. The number of likely N-dealkylation sites (tertiary alicyclic amines) is 1. The molecule has 3 atom stereocenters. The first kappa shape index (κ1) is 8.72. The fraction of sp³-hybridized carbons (Fsp3) is 0.909. The molecule has 0 aromatic heterocycles. The van der Waals surface area contributed by atoms with Gasteiger partial charge in [0.25, 0.3) is 0 Å². The van der Waals surface area contributed by atoms with E-state index in [-0.39, 0.29) is 0 Å². The molecular weight excluding hydrogens is 176 g/mol. The second-order valence-corrected chi connectivity index (χ2v) is 5.03. The van der Waals surface area contributed by atoms with E-state index in [0.29, 0.717) is 29.7 Å². The highest BCUT2D eigenvalue weighted by Crippen LogP contribution is 2.50. The van der Waals surface area contributed by atoms with Crippen molar-refractivity contribution in [2.45, 2.75) is 25.8 Å². The summed E-state index contributed by atoms with van der Waals surface area (Å²) in [6, 6.07) is 0.497. The molecule has 1 saturated carbocycles. The lowest BCUT2D eigenvalue weighted by molar-refractivity contribution is -0.133. The highest BCUT2D eigenvalue weighted by molar-refractivity contribution is 5.83. The first-order chi connectivity index (χ1) is 6.79. The quantitative estimate of drug-likeness (QED) is 0.658. The molecule has 2 unspecified atom stereocenters. The molecule has 78 valence electrons. The van der Waals surface area contributed by atoms with E-state index < -0.39 is 0 Å². The summed E-state index contributed by atoms with van der Waals surface area (Å²) < 4.78 is 0. The Balaban J connectivity index is 1.66. The lowest BCUT2D eigenvalue weighted by Gasteiger charge is -2.22. The Morgan fingerprint density at radius 3 is 2.64 bits per heavy atom. The number of fused-ring (bicyclic) bond motifs is 1. The van der Waals surface area contributed by atoms with Crippen LogP contribution in [0.15, 0.2) is 0 Å². The number of nitrogens with one attached hydrogen (secondary N) is 1. The van der Waals surface area contributed by atoms with Crippen molar-refractivity contribution in [2.75, 3.05) is 19.6 Å². The Hall–Kier alpha value is -0.570. The van der Waals surface area contributed by atoms with Crippen molar-refractivity contribution in [1.82, 2.24) is 10.2 Å². The molecule has 2 aliphatic heterocycles. The molecule has 2 heterocycles. The van der Waals surface area contributed by atoms with Crippen LogP contribution in [0, 0.1) is 17.8 Å². The molecule has 0 radical (unpaired) electrons. The Kier molecular flexibility index (Phi) is 1.84. The predicted octanol–water partition coefficient (Wildman–Crippen LogP) is 0.463. The summed E-state index contributed by atoms with van der Waals surface area (Å²) in [4.78, 5) is 14.2. The van der Waals surface area contributed by atoms with Gasteiger partial charge in [0, 0.05) is 18.5 Å². The molecule has 14 heavy (non-hydrogen) atoms. The SMILES string of the molecule is C[C@@H]1CCCN1C(=O)C1C2CNCC21. The van der Waals surface area contributed by atoms with Crippen molar-refractivity contribution in [3.05, 3.63) is 0 Å². The third-order valence-electron chi connectivity index (χ3n) is 4.21. The molecule has 1 N–H and O–H groups in total. The van der Waals surface area contributed by atoms with Crippen LogP contribution in [0.3, 0.4) is 0 Å². The fourth-order valence-corrected chi connectivity index (χ4v) is 3.24. The van der Waals surface area contributed by atoms with Gasteiger partial charge in [-0.05, 0) is 44.7 Å². The normalized spacial score (nSPS) is 45.4. The van der Waals surface area contributed by atoms with Gasteiger partial charge in [0.2, 0.25) is 5.91 Å². The minimum Gasteiger partial charge on any atom is -0.340 e. The monoisotopic (exact) mass is 194 g/mol. The number of nitrogens with zero attached hydrogens (tertiary/aromatic N) is 1. The molecule has 0 bridgehead atoms. The number of rotatable bonds is 1. The Morgan fingerprint density at radius 1 is 1.36 bits per heavy atom. The summed E-state index contributed by atoms with van der Waals surface area (Å²) in [5.74, 6) is 2.19. The molecule has 1 aliphatic carbocycles. The first-order valence-corrected chi connectivity index (χ1v) is 5.80. The van der Waals surface area contributed by atoms with Gasteiger partial charge in [0.1, 0.15) is 0 Å². The van der Waals surface area contributed by atoms with E-state index in [9.17, 15) is 4.79 Å². The Labute approximate surface area is 84.8 Å². The number of carbonyl (C=O) groups is 1. The van der Waals surface area contributed by atoms with Crippen LogP contribution in [0.2, 0.25) is 0 Å². The van der Waals surface area contributed by atoms with E-state index in [4.69, 9.17) is 0 Å². The molecule has 0 aromatic carbocycles. The molecule has 3 rings (SSSR count). The van der Waals surface area contributed by atoms with Crippen LogP contribution in [0.4, 0.5) is 0 Å². The molecule has 0 spiro atoms. The van der Waals surface area contributed by atoms with Crippen LogP contribution in [-0.2, 0) is 4.79 Å². The highest BCUT2D eigenvalue weighted by atomic mass is 16.2. The topological polar surface area (TPSA) is 32.3 Å². The second-order valence-electron chi connectivity index (χ2n) is 5.03. The van der Waals surface area contributed by atoms with Crippen molar-refractivity contribution in [1.29, 1.82) is 0 Å². The molecule has 0 aromatic rings. The fourth-order valence-electron chi connectivity index (χ4n) is 3.24. The van der Waals surface area contributed by atoms with Gasteiger partial charge in [-0.1, -0.05) is 0 Å². The molecular formula is C11H18N2O. The maximum Gasteiger partial charge on any atom is 0.226 e. The molecule has 3 fully saturated rings. The summed E-state index contributed by atoms with van der Waals surface area (Å²) in [6.45, 7) is 5.33. The number of piperidine rings is 1. The van der Waals surface area contributed by atoms with Crippen LogP contribution in [0.1, 0.15) is 19.8 Å². The molecule has 3 heteroatoms. The molecule has 3 nitrogen and oxygen atoms in total. The van der Waals surface area contributed by atoms with Gasteiger partial charge in [-0.2, -0.15) is 0 Å². The van der Waals surface area contributed by atoms with E-state index in [1.807, 2.05) is 0 Å². The van der Waals surface area contributed by atoms with Crippen LogP contribution >= 0.6 is 0 Å². The van der Waals surface area contributed by atoms with Gasteiger partial charge in [0.15, 0.2) is 0 Å². The molecule has 1 amide bonds. The van der Waals surface area contributed by atoms with Crippen molar-refractivity contribution in [3.8, 4) is 0 Å². The summed E-state index contributed by atoms with van der Waals surface area (Å²) in [6.07, 6.45) is 2.40. The zero-order chi connectivity index (χ0) is 9.71. The first-order valence-electron chi connectivity index (χ1n) is 5.80. The van der Waals surface area contributed by atoms with E-state index in [2.05, 4.69) is 17.1 Å². The summed E-state index contributed by atoms with van der Waals surface area (Å²) in [5.41, 5.74) is 0. The average molecular weight is 194 g/mol. The third-order valence-corrected chi connectivity index (χ3v) is 4.21. The zero-order valence-electron chi connectivity index (χ0n) is 8.70. The van der Waals surface area contributed by atoms with Crippen LogP contribution < -0.4 is 5.32 Å². The predicted molar refractivity (Wildman–Crippen MR) is 53.7 cm³/mol. The van der Waals surface area contributed by atoms with Gasteiger partial charge >= 0.3 is 0 Å². The van der Waals surface area contributed by atoms with E-state index in [0.717, 1.165) is 19.6 Å². The number of amides is 1. The van der Waals surface area contributed by atoms with Crippen molar-refractivity contribution in [3.63, 3.8) is 0 Å². The van der Waals surface area contributed by atoms with Gasteiger partial charge in [0.05, 0.1) is 0 Å². The van der Waals surface area contributed by atoms with E-state index >= 15 is 0 Å². The van der Waals surface area contributed by atoms with Crippen molar-refractivity contribution >= 4 is 5.91 Å². The van der Waals surface area contributed by atoms with Gasteiger partial charge in [-0.15, -0.1) is 0 Å². The lowest BCUT2D eigenvalue weighted by Crippen LogP contribution is -2.37. The number of hydrogen-bond acceptors (Lipinski definition) is 2. The summed E-state index contributed by atoms with van der Waals surface area (Å²) in [7, 11) is 0. The lowest BCUT2D eigenvalue weighted by atomic mass is 10.2. The zero-order valence-corrected chi connectivity index (χ0v) is 8.70. The smallest absolute Gasteiger partial charge is 0.226 e. The van der Waals surface area contributed by atoms with Crippen LogP contribution in [0.5, 0.6) is 0 Å². The summed E-state index contributed by atoms with van der Waals surface area (Å²) >= 11 is 0. The Bertz CT molecular complexity index is 256. The van der Waals surface area contributed by atoms with Gasteiger partial charge in [-0.25, -0.2) is 0 Å². The molecule has 2 saturated heterocycles. The average Bonchev–Trinajstić information content (AvgIpc) is 2.57. The van der Waals surface area contributed by atoms with E-state index in [1.165, 1.54) is 12.8 Å². The standard InChI is InChI=1S/C11H18N2O/c1-7-3-2-4-13(7)11(14)10-8-5-12-6-9(8)10/h7-10,12H,2-6H2,1H3/t7-,8?,9?,10?/m1/s1. The second kappa shape index (κ2) is 2.96. The van der Waals surface area contributed by atoms with Crippen LogP contribution in [-0.4, -0.2) is 36.5 Å². The third kappa shape index (κ3) is 1.11. The minimum atomic E-state index is 0.386. The number of hydrogen-bond donors (Lipinski definition) is 1. The summed E-state index contributed by atoms with van der Waals surface area (Å²) in [5, 5.41) is 3.34. The van der Waals surface area contributed by atoms with E-state index in [1.54, 1.807) is 0 Å².